The molecule has 2 aromatic rings. The number of hydrogen-bond donors (Lipinski definition) is 2. The lowest BCUT2D eigenvalue weighted by Gasteiger charge is -2.06. The molecule has 2 aromatic carbocycles. The average Bonchev–Trinajstić information content (AvgIpc) is 2.30. The van der Waals surface area contributed by atoms with Crippen molar-refractivity contribution in [1.29, 1.82) is 0 Å². The van der Waals surface area contributed by atoms with E-state index >= 15 is 0 Å². The predicted octanol–water partition coefficient (Wildman–Crippen LogP) is 3.24. The molecule has 76 valence electrons. The molecule has 0 saturated carbocycles. The van der Waals surface area contributed by atoms with Crippen LogP contribution in [0.1, 0.15) is 10.9 Å². The minimum atomic E-state index is -0.199. The molecule has 2 heteroatoms. The Hall–Kier alpha value is -1.25. The summed E-state index contributed by atoms with van der Waals surface area (Å²) >= 11 is 4.19. The number of rotatable bonds is 2. The van der Waals surface area contributed by atoms with Gasteiger partial charge in [-0.05, 0) is 16.7 Å². The number of nitrogens with two attached hydrogens (primary N) is 1. The lowest BCUT2D eigenvalue weighted by molar-refractivity contribution is 1.04. The van der Waals surface area contributed by atoms with Gasteiger partial charge in [0.2, 0.25) is 0 Å². The van der Waals surface area contributed by atoms with Gasteiger partial charge in [-0.15, -0.1) is 0 Å². The molecule has 1 atom stereocenters. The van der Waals surface area contributed by atoms with Crippen molar-refractivity contribution < 1.29 is 0 Å². The maximum Gasteiger partial charge on any atom is 0.0734 e. The van der Waals surface area contributed by atoms with Crippen LogP contribution in [0.2, 0.25) is 0 Å². The maximum absolute atomic E-state index is 5.67. The molecule has 0 aromatic heterocycles. The highest BCUT2D eigenvalue weighted by Gasteiger charge is 2.00. The lowest BCUT2D eigenvalue weighted by atomic mass is 10.0. The minimum absolute atomic E-state index is 0.199. The Morgan fingerprint density at radius 2 is 1.33 bits per heavy atom. The van der Waals surface area contributed by atoms with Gasteiger partial charge in [0.1, 0.15) is 0 Å². The monoisotopic (exact) mass is 215 g/mol. The molecule has 0 fully saturated rings. The van der Waals surface area contributed by atoms with Gasteiger partial charge in [-0.2, -0.15) is 12.6 Å². The molecule has 0 aliphatic heterocycles. The molecule has 0 aliphatic rings. The standard InChI is InChI=1S/C13H13NS/c14-13(15)12-8-6-11(7-9-12)10-4-2-1-3-5-10/h1-9,13,15H,14H2. The molecular weight excluding hydrogens is 202 g/mol. The van der Waals surface area contributed by atoms with Crippen LogP contribution in [0.25, 0.3) is 11.1 Å². The van der Waals surface area contributed by atoms with E-state index in [2.05, 4.69) is 36.9 Å². The normalized spacial score (nSPS) is 12.4. The van der Waals surface area contributed by atoms with E-state index in [1.807, 2.05) is 30.3 Å². The minimum Gasteiger partial charge on any atom is -0.316 e. The van der Waals surface area contributed by atoms with Crippen LogP contribution in [0.5, 0.6) is 0 Å². The van der Waals surface area contributed by atoms with Crippen LogP contribution in [-0.2, 0) is 0 Å². The van der Waals surface area contributed by atoms with Crippen LogP contribution < -0.4 is 5.73 Å². The molecule has 0 amide bonds. The topological polar surface area (TPSA) is 26.0 Å². The van der Waals surface area contributed by atoms with E-state index < -0.39 is 0 Å². The van der Waals surface area contributed by atoms with Crippen molar-refractivity contribution in [2.24, 2.45) is 5.73 Å². The van der Waals surface area contributed by atoms with E-state index in [-0.39, 0.29) is 5.37 Å². The van der Waals surface area contributed by atoms with Gasteiger partial charge in [-0.3, -0.25) is 0 Å². The molecule has 2 rings (SSSR count). The third-order valence-electron chi connectivity index (χ3n) is 2.36. The Labute approximate surface area is 95.3 Å². The molecule has 0 saturated heterocycles. The molecular formula is C13H13NS. The molecule has 0 aliphatic carbocycles. The number of hydrogen-bond acceptors (Lipinski definition) is 2. The molecule has 1 nitrogen and oxygen atoms in total. The zero-order chi connectivity index (χ0) is 10.7. The van der Waals surface area contributed by atoms with Crippen LogP contribution >= 0.6 is 12.6 Å². The summed E-state index contributed by atoms with van der Waals surface area (Å²) in [7, 11) is 0. The van der Waals surface area contributed by atoms with Crippen molar-refractivity contribution in [3.05, 3.63) is 60.2 Å². The zero-order valence-electron chi connectivity index (χ0n) is 8.30. The van der Waals surface area contributed by atoms with Crippen LogP contribution in [0, 0.1) is 0 Å². The summed E-state index contributed by atoms with van der Waals surface area (Å²) in [5.41, 5.74) is 9.13. The quantitative estimate of drug-likeness (QED) is 0.583. The average molecular weight is 215 g/mol. The Morgan fingerprint density at radius 3 is 1.87 bits per heavy atom. The van der Waals surface area contributed by atoms with Crippen LogP contribution in [0.15, 0.2) is 54.6 Å². The van der Waals surface area contributed by atoms with E-state index in [0.29, 0.717) is 0 Å². The van der Waals surface area contributed by atoms with Crippen LogP contribution in [-0.4, -0.2) is 0 Å². The van der Waals surface area contributed by atoms with E-state index in [1.54, 1.807) is 0 Å². The largest absolute Gasteiger partial charge is 0.316 e. The van der Waals surface area contributed by atoms with Gasteiger partial charge < -0.3 is 5.73 Å². The first kappa shape index (κ1) is 10.3. The van der Waals surface area contributed by atoms with E-state index in [4.69, 9.17) is 5.73 Å². The molecule has 0 bridgehead atoms. The SMILES string of the molecule is NC(S)c1ccc(-c2ccccc2)cc1. The fourth-order valence-electron chi connectivity index (χ4n) is 1.50. The first-order chi connectivity index (χ1) is 7.27. The summed E-state index contributed by atoms with van der Waals surface area (Å²) in [5.74, 6) is 0. The third-order valence-corrected chi connectivity index (χ3v) is 2.66. The van der Waals surface area contributed by atoms with Crippen molar-refractivity contribution in [2.45, 2.75) is 5.37 Å². The van der Waals surface area contributed by atoms with E-state index in [1.165, 1.54) is 11.1 Å². The molecule has 0 spiro atoms. The van der Waals surface area contributed by atoms with Gasteiger partial charge in [0.15, 0.2) is 0 Å². The van der Waals surface area contributed by atoms with Crippen LogP contribution in [0.4, 0.5) is 0 Å². The smallest absolute Gasteiger partial charge is 0.0734 e. The Balaban J connectivity index is 2.32. The summed E-state index contributed by atoms with van der Waals surface area (Å²) in [6.07, 6.45) is 0. The summed E-state index contributed by atoms with van der Waals surface area (Å²) in [6.45, 7) is 0. The second-order valence-electron chi connectivity index (χ2n) is 3.43. The summed E-state index contributed by atoms with van der Waals surface area (Å²) in [6, 6.07) is 18.4. The van der Waals surface area contributed by atoms with Crippen LogP contribution in [0.3, 0.4) is 0 Å². The molecule has 15 heavy (non-hydrogen) atoms. The molecule has 1 unspecified atom stereocenters. The van der Waals surface area contributed by atoms with E-state index in [0.717, 1.165) is 5.56 Å². The van der Waals surface area contributed by atoms with Gasteiger partial charge >= 0.3 is 0 Å². The first-order valence-corrected chi connectivity index (χ1v) is 5.38. The molecule has 2 N–H and O–H groups in total. The predicted molar refractivity (Wildman–Crippen MR) is 67.8 cm³/mol. The van der Waals surface area contributed by atoms with Gasteiger partial charge in [0.05, 0.1) is 5.37 Å². The van der Waals surface area contributed by atoms with Gasteiger partial charge in [0, 0.05) is 0 Å². The van der Waals surface area contributed by atoms with E-state index in [9.17, 15) is 0 Å². The van der Waals surface area contributed by atoms with Gasteiger partial charge in [-0.1, -0.05) is 54.6 Å². The fourth-order valence-corrected chi connectivity index (χ4v) is 1.68. The molecule has 0 radical (unpaired) electrons. The summed E-state index contributed by atoms with van der Waals surface area (Å²) < 4.78 is 0. The Bertz CT molecular complexity index is 420. The highest BCUT2D eigenvalue weighted by Crippen LogP contribution is 2.21. The number of benzene rings is 2. The zero-order valence-corrected chi connectivity index (χ0v) is 9.19. The van der Waals surface area contributed by atoms with Crippen molar-refractivity contribution in [1.82, 2.24) is 0 Å². The fraction of sp³-hybridized carbons (Fsp3) is 0.0769. The van der Waals surface area contributed by atoms with Crippen molar-refractivity contribution in [3.63, 3.8) is 0 Å². The summed E-state index contributed by atoms with van der Waals surface area (Å²) in [4.78, 5) is 0. The van der Waals surface area contributed by atoms with Crippen molar-refractivity contribution in [2.75, 3.05) is 0 Å². The highest BCUT2D eigenvalue weighted by atomic mass is 32.1. The lowest BCUT2D eigenvalue weighted by Crippen LogP contribution is -2.01. The Morgan fingerprint density at radius 1 is 0.800 bits per heavy atom. The maximum atomic E-state index is 5.67. The van der Waals surface area contributed by atoms with Gasteiger partial charge in [0.25, 0.3) is 0 Å². The number of thiol groups is 1. The van der Waals surface area contributed by atoms with Crippen molar-refractivity contribution in [3.8, 4) is 11.1 Å². The summed E-state index contributed by atoms with van der Waals surface area (Å²) in [5, 5.41) is -0.199. The third kappa shape index (κ3) is 2.41. The second kappa shape index (κ2) is 4.51. The van der Waals surface area contributed by atoms with Crippen molar-refractivity contribution >= 4 is 12.6 Å². The van der Waals surface area contributed by atoms with Gasteiger partial charge in [-0.25, -0.2) is 0 Å². The highest BCUT2D eigenvalue weighted by molar-refractivity contribution is 7.80. The second-order valence-corrected chi connectivity index (χ2v) is 3.99. The Kier molecular flexibility index (Phi) is 3.09. The molecule has 0 heterocycles. The first-order valence-electron chi connectivity index (χ1n) is 4.86.